The van der Waals surface area contributed by atoms with Crippen molar-refractivity contribution >= 4 is 0 Å². The fourth-order valence-corrected chi connectivity index (χ4v) is 4.16. The maximum Gasteiger partial charge on any atom is 0.0295 e. The minimum Gasteiger partial charge on any atom is -0.324 e. The van der Waals surface area contributed by atoms with Crippen molar-refractivity contribution in [1.29, 1.82) is 0 Å². The highest BCUT2D eigenvalue weighted by atomic mass is 15.2. The molecule has 0 spiro atoms. The molecule has 110 valence electrons. The Balaban J connectivity index is 1.44. The predicted octanol–water partition coefficient (Wildman–Crippen LogP) is 3.73. The third-order valence-electron chi connectivity index (χ3n) is 5.31. The first-order valence-corrected chi connectivity index (χ1v) is 8.39. The van der Waals surface area contributed by atoms with Crippen molar-refractivity contribution < 1.29 is 0 Å². The molecule has 0 amide bonds. The second kappa shape index (κ2) is 6.73. The standard InChI is InChI=1S/C18H28N2/c19-17(15-7-2-1-3-8-15)10-6-13-20-14-12-16-9-4-5-11-18(16)20/h1-3,7-8,16-18H,4-6,9-14,19H2. The Bertz CT molecular complexity index is 403. The zero-order chi connectivity index (χ0) is 13.8. The number of hydrogen-bond donors (Lipinski definition) is 1. The van der Waals surface area contributed by atoms with Gasteiger partial charge in [-0.1, -0.05) is 43.2 Å². The van der Waals surface area contributed by atoms with E-state index in [1.165, 1.54) is 57.2 Å². The van der Waals surface area contributed by atoms with E-state index in [2.05, 4.69) is 35.2 Å². The summed E-state index contributed by atoms with van der Waals surface area (Å²) in [7, 11) is 0. The molecule has 2 nitrogen and oxygen atoms in total. The lowest BCUT2D eigenvalue weighted by Gasteiger charge is -2.31. The molecule has 0 bridgehead atoms. The second-order valence-corrected chi connectivity index (χ2v) is 6.60. The molecule has 2 N–H and O–H groups in total. The molecule has 1 aliphatic heterocycles. The number of hydrogen-bond acceptors (Lipinski definition) is 2. The molecule has 2 aliphatic rings. The van der Waals surface area contributed by atoms with Crippen LogP contribution in [0.1, 0.15) is 56.6 Å². The topological polar surface area (TPSA) is 29.3 Å². The van der Waals surface area contributed by atoms with Gasteiger partial charge in [0.05, 0.1) is 0 Å². The lowest BCUT2D eigenvalue weighted by atomic mass is 9.85. The Hall–Kier alpha value is -0.860. The second-order valence-electron chi connectivity index (χ2n) is 6.60. The summed E-state index contributed by atoms with van der Waals surface area (Å²) in [5.41, 5.74) is 7.57. The first-order chi connectivity index (χ1) is 9.84. The van der Waals surface area contributed by atoms with Gasteiger partial charge in [0.2, 0.25) is 0 Å². The van der Waals surface area contributed by atoms with E-state index in [1.807, 2.05) is 0 Å². The smallest absolute Gasteiger partial charge is 0.0295 e. The summed E-state index contributed by atoms with van der Waals surface area (Å²) >= 11 is 0. The van der Waals surface area contributed by atoms with Crippen LogP contribution in [0.25, 0.3) is 0 Å². The van der Waals surface area contributed by atoms with Crippen molar-refractivity contribution in [2.45, 2.75) is 57.0 Å². The molecular weight excluding hydrogens is 244 g/mol. The molecule has 1 heterocycles. The molecule has 2 heteroatoms. The van der Waals surface area contributed by atoms with Crippen molar-refractivity contribution in [1.82, 2.24) is 4.90 Å². The normalized spacial score (nSPS) is 28.2. The van der Waals surface area contributed by atoms with Gasteiger partial charge in [-0.2, -0.15) is 0 Å². The number of nitrogens with two attached hydrogens (primary N) is 1. The number of benzene rings is 1. The molecular formula is C18H28N2. The van der Waals surface area contributed by atoms with E-state index >= 15 is 0 Å². The minimum atomic E-state index is 0.209. The van der Waals surface area contributed by atoms with E-state index in [0.717, 1.165) is 18.4 Å². The molecule has 3 rings (SSSR count). The van der Waals surface area contributed by atoms with Crippen molar-refractivity contribution in [2.24, 2.45) is 11.7 Å². The summed E-state index contributed by atoms with van der Waals surface area (Å²) in [6.45, 7) is 2.58. The van der Waals surface area contributed by atoms with Crippen LogP contribution in [0.4, 0.5) is 0 Å². The molecule has 0 aromatic heterocycles. The Morgan fingerprint density at radius 3 is 2.75 bits per heavy atom. The van der Waals surface area contributed by atoms with Crippen LogP contribution in [-0.2, 0) is 0 Å². The molecule has 1 saturated carbocycles. The number of fused-ring (bicyclic) bond motifs is 1. The molecule has 1 aromatic rings. The molecule has 3 atom stereocenters. The van der Waals surface area contributed by atoms with E-state index in [-0.39, 0.29) is 6.04 Å². The Morgan fingerprint density at radius 1 is 1.10 bits per heavy atom. The largest absolute Gasteiger partial charge is 0.324 e. The monoisotopic (exact) mass is 272 g/mol. The Labute approximate surface area is 123 Å². The zero-order valence-corrected chi connectivity index (χ0v) is 12.5. The van der Waals surface area contributed by atoms with E-state index in [1.54, 1.807) is 0 Å². The highest BCUT2D eigenvalue weighted by Crippen LogP contribution is 2.36. The fourth-order valence-electron chi connectivity index (χ4n) is 4.16. The van der Waals surface area contributed by atoms with Gasteiger partial charge in [-0.05, 0) is 56.7 Å². The van der Waals surface area contributed by atoms with E-state index < -0.39 is 0 Å². The summed E-state index contributed by atoms with van der Waals surface area (Å²) < 4.78 is 0. The van der Waals surface area contributed by atoms with Gasteiger partial charge < -0.3 is 10.6 Å². The molecule has 3 unspecified atom stereocenters. The lowest BCUT2D eigenvalue weighted by molar-refractivity contribution is 0.179. The van der Waals surface area contributed by atoms with E-state index in [0.29, 0.717) is 0 Å². The molecule has 1 aromatic carbocycles. The van der Waals surface area contributed by atoms with Gasteiger partial charge in [0.1, 0.15) is 0 Å². The van der Waals surface area contributed by atoms with E-state index in [4.69, 9.17) is 5.73 Å². The molecule has 20 heavy (non-hydrogen) atoms. The van der Waals surface area contributed by atoms with Crippen LogP contribution >= 0.6 is 0 Å². The lowest BCUT2D eigenvalue weighted by Crippen LogP contribution is -2.35. The van der Waals surface area contributed by atoms with Crippen LogP contribution < -0.4 is 5.73 Å². The average Bonchev–Trinajstić information content (AvgIpc) is 2.92. The van der Waals surface area contributed by atoms with Crippen LogP contribution in [0.5, 0.6) is 0 Å². The molecule has 0 radical (unpaired) electrons. The summed E-state index contributed by atoms with van der Waals surface area (Å²) in [5, 5.41) is 0. The van der Waals surface area contributed by atoms with Crippen molar-refractivity contribution in [2.75, 3.05) is 13.1 Å². The van der Waals surface area contributed by atoms with E-state index in [9.17, 15) is 0 Å². The Kier molecular flexibility index (Phi) is 4.74. The third kappa shape index (κ3) is 3.24. The summed E-state index contributed by atoms with van der Waals surface area (Å²) in [5.74, 6) is 1.01. The summed E-state index contributed by atoms with van der Waals surface area (Å²) in [6.07, 6.45) is 9.61. The molecule has 1 aliphatic carbocycles. The first-order valence-electron chi connectivity index (χ1n) is 8.39. The number of nitrogens with zero attached hydrogens (tertiary/aromatic N) is 1. The average molecular weight is 272 g/mol. The van der Waals surface area contributed by atoms with Gasteiger partial charge in [0, 0.05) is 12.1 Å². The summed E-state index contributed by atoms with van der Waals surface area (Å²) in [6, 6.07) is 11.6. The number of likely N-dealkylation sites (tertiary alicyclic amines) is 1. The van der Waals surface area contributed by atoms with Crippen LogP contribution in [0.3, 0.4) is 0 Å². The van der Waals surface area contributed by atoms with Gasteiger partial charge in [0.15, 0.2) is 0 Å². The SMILES string of the molecule is NC(CCCN1CCC2CCCCC21)c1ccccc1. The predicted molar refractivity (Wildman–Crippen MR) is 84.5 cm³/mol. The van der Waals surface area contributed by atoms with Crippen molar-refractivity contribution in [3.8, 4) is 0 Å². The van der Waals surface area contributed by atoms with Crippen LogP contribution in [0, 0.1) is 5.92 Å². The zero-order valence-electron chi connectivity index (χ0n) is 12.5. The fraction of sp³-hybridized carbons (Fsp3) is 0.667. The third-order valence-corrected chi connectivity index (χ3v) is 5.31. The molecule has 1 saturated heterocycles. The maximum absolute atomic E-state index is 6.29. The van der Waals surface area contributed by atoms with Gasteiger partial charge in [-0.25, -0.2) is 0 Å². The highest BCUT2D eigenvalue weighted by molar-refractivity contribution is 5.18. The highest BCUT2D eigenvalue weighted by Gasteiger charge is 2.34. The van der Waals surface area contributed by atoms with Gasteiger partial charge in [-0.15, -0.1) is 0 Å². The Morgan fingerprint density at radius 2 is 1.90 bits per heavy atom. The maximum atomic E-state index is 6.29. The molecule has 2 fully saturated rings. The van der Waals surface area contributed by atoms with Crippen molar-refractivity contribution in [3.63, 3.8) is 0 Å². The first kappa shape index (κ1) is 14.1. The van der Waals surface area contributed by atoms with Gasteiger partial charge >= 0.3 is 0 Å². The van der Waals surface area contributed by atoms with Crippen LogP contribution in [0.2, 0.25) is 0 Å². The van der Waals surface area contributed by atoms with Crippen LogP contribution in [-0.4, -0.2) is 24.0 Å². The number of rotatable bonds is 5. The summed E-state index contributed by atoms with van der Waals surface area (Å²) in [4.78, 5) is 2.75. The van der Waals surface area contributed by atoms with Gasteiger partial charge in [0.25, 0.3) is 0 Å². The quantitative estimate of drug-likeness (QED) is 0.885. The van der Waals surface area contributed by atoms with Crippen LogP contribution in [0.15, 0.2) is 30.3 Å². The minimum absolute atomic E-state index is 0.209. The van der Waals surface area contributed by atoms with Gasteiger partial charge in [-0.3, -0.25) is 0 Å². The van der Waals surface area contributed by atoms with Crippen molar-refractivity contribution in [3.05, 3.63) is 35.9 Å².